The van der Waals surface area contributed by atoms with E-state index in [0.717, 1.165) is 17.1 Å². The molecule has 2 aromatic carbocycles. The maximum absolute atomic E-state index is 13.2. The van der Waals surface area contributed by atoms with Crippen molar-refractivity contribution in [3.05, 3.63) is 83.2 Å². The Bertz CT molecular complexity index is 1340. The molecule has 0 unspecified atom stereocenters. The average Bonchev–Trinajstić information content (AvgIpc) is 3.15. The molecule has 0 aliphatic carbocycles. The van der Waals surface area contributed by atoms with Crippen LogP contribution in [0.3, 0.4) is 0 Å². The number of para-hydroxylation sites is 1. The first kappa shape index (κ1) is 24.7. The minimum Gasteiger partial charge on any atom is -0.454 e. The molecule has 0 amide bonds. The van der Waals surface area contributed by atoms with E-state index in [0.29, 0.717) is 31.7 Å². The third-order valence-electron chi connectivity index (χ3n) is 6.48. The number of aryl methyl sites for hydroxylation is 1. The number of carbonyl (C=O) groups excluding carboxylic acids is 2. The summed E-state index contributed by atoms with van der Waals surface area (Å²) in [6.45, 7) is 5.14. The SMILES string of the molecule is Cc1cc(C(=O)COC(=O)c2cccc(S(=O)(=O)N3CCN(c4ccccc4)CC3)c2)c(C)n1C. The summed E-state index contributed by atoms with van der Waals surface area (Å²) < 4.78 is 35.0. The molecular weight excluding hydrogens is 466 g/mol. The fraction of sp³-hybridized carbons (Fsp3) is 0.308. The zero-order valence-electron chi connectivity index (χ0n) is 20.1. The first-order valence-electron chi connectivity index (χ1n) is 11.4. The van der Waals surface area contributed by atoms with Gasteiger partial charge in [-0.05, 0) is 50.2 Å². The van der Waals surface area contributed by atoms with Crippen LogP contribution < -0.4 is 4.90 Å². The van der Waals surface area contributed by atoms with Gasteiger partial charge in [-0.3, -0.25) is 4.79 Å². The Balaban J connectivity index is 1.41. The number of ether oxygens (including phenoxy) is 1. The number of ketones is 1. The lowest BCUT2D eigenvalue weighted by atomic mass is 10.1. The lowest BCUT2D eigenvalue weighted by molar-refractivity contribution is 0.0474. The van der Waals surface area contributed by atoms with E-state index in [2.05, 4.69) is 4.90 Å². The molecule has 1 saturated heterocycles. The van der Waals surface area contributed by atoms with Gasteiger partial charge in [-0.2, -0.15) is 4.31 Å². The molecule has 0 spiro atoms. The number of benzene rings is 2. The van der Waals surface area contributed by atoms with Crippen molar-refractivity contribution in [3.8, 4) is 0 Å². The van der Waals surface area contributed by atoms with E-state index in [9.17, 15) is 18.0 Å². The van der Waals surface area contributed by atoms with Crippen LogP contribution in [0.25, 0.3) is 0 Å². The van der Waals surface area contributed by atoms with E-state index in [-0.39, 0.29) is 16.2 Å². The number of anilines is 1. The van der Waals surface area contributed by atoms with E-state index in [1.54, 1.807) is 6.07 Å². The van der Waals surface area contributed by atoms with Crippen LogP contribution in [0, 0.1) is 13.8 Å². The summed E-state index contributed by atoms with van der Waals surface area (Å²) in [6, 6.07) is 17.4. The lowest BCUT2D eigenvalue weighted by Crippen LogP contribution is -2.48. The minimum absolute atomic E-state index is 0.0287. The average molecular weight is 496 g/mol. The molecular formula is C26H29N3O5S. The highest BCUT2D eigenvalue weighted by molar-refractivity contribution is 7.89. The number of aromatic nitrogens is 1. The zero-order chi connectivity index (χ0) is 25.2. The van der Waals surface area contributed by atoms with Gasteiger partial charge in [-0.1, -0.05) is 24.3 Å². The maximum Gasteiger partial charge on any atom is 0.338 e. The number of rotatable bonds is 7. The van der Waals surface area contributed by atoms with Crippen LogP contribution in [0.2, 0.25) is 0 Å². The molecule has 4 rings (SSSR count). The lowest BCUT2D eigenvalue weighted by Gasteiger charge is -2.35. The van der Waals surface area contributed by atoms with E-state index < -0.39 is 22.6 Å². The molecule has 3 aromatic rings. The number of piperazine rings is 1. The van der Waals surface area contributed by atoms with E-state index in [1.165, 1.54) is 28.6 Å². The summed E-state index contributed by atoms with van der Waals surface area (Å²) >= 11 is 0. The van der Waals surface area contributed by atoms with Crippen LogP contribution in [0.1, 0.15) is 32.1 Å². The summed E-state index contributed by atoms with van der Waals surface area (Å²) in [7, 11) is -1.91. The van der Waals surface area contributed by atoms with Gasteiger partial charge >= 0.3 is 5.97 Å². The van der Waals surface area contributed by atoms with Crippen molar-refractivity contribution in [1.29, 1.82) is 0 Å². The molecule has 0 bridgehead atoms. The molecule has 0 radical (unpaired) electrons. The molecule has 0 saturated carbocycles. The summed E-state index contributed by atoms with van der Waals surface area (Å²) in [6.07, 6.45) is 0. The topological polar surface area (TPSA) is 88.9 Å². The number of nitrogens with zero attached hydrogens (tertiary/aromatic N) is 3. The fourth-order valence-corrected chi connectivity index (χ4v) is 5.66. The third kappa shape index (κ3) is 5.16. The Morgan fingerprint density at radius 1 is 0.914 bits per heavy atom. The van der Waals surface area contributed by atoms with Crippen LogP contribution >= 0.6 is 0 Å². The second kappa shape index (κ2) is 10.1. The van der Waals surface area contributed by atoms with Gasteiger partial charge in [0.2, 0.25) is 15.8 Å². The van der Waals surface area contributed by atoms with E-state index in [1.807, 2.05) is 55.8 Å². The highest BCUT2D eigenvalue weighted by Gasteiger charge is 2.29. The molecule has 1 aliphatic rings. The first-order chi connectivity index (χ1) is 16.7. The van der Waals surface area contributed by atoms with Gasteiger partial charge in [0.15, 0.2) is 6.61 Å². The maximum atomic E-state index is 13.2. The quantitative estimate of drug-likeness (QED) is 0.370. The van der Waals surface area contributed by atoms with Crippen LogP contribution in [0.4, 0.5) is 5.69 Å². The van der Waals surface area contributed by atoms with E-state index in [4.69, 9.17) is 4.74 Å². The van der Waals surface area contributed by atoms with Gasteiger partial charge in [0.1, 0.15) is 0 Å². The number of Topliss-reactive ketones (excluding diaryl/α,β-unsaturated/α-hetero) is 1. The van der Waals surface area contributed by atoms with Crippen molar-refractivity contribution >= 4 is 27.5 Å². The number of hydrogen-bond donors (Lipinski definition) is 0. The predicted octanol–water partition coefficient (Wildman–Crippen LogP) is 3.19. The van der Waals surface area contributed by atoms with Gasteiger partial charge in [-0.25, -0.2) is 13.2 Å². The molecule has 8 nitrogen and oxygen atoms in total. The van der Waals surface area contributed by atoms with Crippen molar-refractivity contribution in [1.82, 2.24) is 8.87 Å². The Morgan fingerprint density at radius 3 is 2.23 bits per heavy atom. The van der Waals surface area contributed by atoms with Crippen LogP contribution in [-0.4, -0.2) is 61.8 Å². The largest absolute Gasteiger partial charge is 0.454 e. The molecule has 2 heterocycles. The monoisotopic (exact) mass is 495 g/mol. The normalized spacial score (nSPS) is 14.7. The Labute approximate surface area is 205 Å². The summed E-state index contributed by atoms with van der Waals surface area (Å²) in [5, 5.41) is 0. The first-order valence-corrected chi connectivity index (χ1v) is 12.9. The Kier molecular flexibility index (Phi) is 7.09. The van der Waals surface area contributed by atoms with Crippen LogP contribution in [0.5, 0.6) is 0 Å². The fourth-order valence-electron chi connectivity index (χ4n) is 4.19. The molecule has 0 atom stereocenters. The molecule has 1 fully saturated rings. The number of esters is 1. The summed E-state index contributed by atoms with van der Waals surface area (Å²) in [4.78, 5) is 27.3. The van der Waals surface area contributed by atoms with Crippen LogP contribution in [0.15, 0.2) is 65.6 Å². The molecule has 9 heteroatoms. The minimum atomic E-state index is -3.78. The second-order valence-electron chi connectivity index (χ2n) is 8.60. The summed E-state index contributed by atoms with van der Waals surface area (Å²) in [5.41, 5.74) is 3.37. The third-order valence-corrected chi connectivity index (χ3v) is 8.37. The highest BCUT2D eigenvalue weighted by Crippen LogP contribution is 2.22. The van der Waals surface area contributed by atoms with Crippen LogP contribution in [-0.2, 0) is 21.8 Å². The van der Waals surface area contributed by atoms with E-state index >= 15 is 0 Å². The zero-order valence-corrected chi connectivity index (χ0v) is 20.9. The summed E-state index contributed by atoms with van der Waals surface area (Å²) in [5.74, 6) is -1.05. The Morgan fingerprint density at radius 2 is 1.60 bits per heavy atom. The smallest absolute Gasteiger partial charge is 0.338 e. The second-order valence-corrected chi connectivity index (χ2v) is 10.5. The standard InChI is InChI=1S/C26H29N3O5S/c1-19-16-24(20(2)27(19)3)25(30)18-34-26(31)21-8-7-11-23(17-21)35(32,33)29-14-12-28(13-15-29)22-9-5-4-6-10-22/h4-11,16-17H,12-15,18H2,1-3H3. The molecule has 1 aliphatic heterocycles. The van der Waals surface area contributed by atoms with Gasteiger partial charge in [0.25, 0.3) is 0 Å². The van der Waals surface area contributed by atoms with Gasteiger partial charge in [-0.15, -0.1) is 0 Å². The molecule has 1 aromatic heterocycles. The number of carbonyl (C=O) groups is 2. The van der Waals surface area contributed by atoms with Gasteiger partial charge < -0.3 is 14.2 Å². The van der Waals surface area contributed by atoms with Gasteiger partial charge in [0, 0.05) is 55.9 Å². The van der Waals surface area contributed by atoms with Crippen molar-refractivity contribution < 1.29 is 22.7 Å². The van der Waals surface area contributed by atoms with Gasteiger partial charge in [0.05, 0.1) is 10.5 Å². The number of hydrogen-bond acceptors (Lipinski definition) is 6. The van der Waals surface area contributed by atoms with Crippen molar-refractivity contribution in [2.75, 3.05) is 37.7 Å². The molecule has 35 heavy (non-hydrogen) atoms. The molecule has 184 valence electrons. The van der Waals surface area contributed by atoms with Crippen molar-refractivity contribution in [2.45, 2.75) is 18.7 Å². The number of sulfonamides is 1. The predicted molar refractivity (Wildman–Crippen MR) is 133 cm³/mol. The van der Waals surface area contributed by atoms with Crippen molar-refractivity contribution in [2.24, 2.45) is 7.05 Å². The molecule has 0 N–H and O–H groups in total. The van der Waals surface area contributed by atoms with Crippen molar-refractivity contribution in [3.63, 3.8) is 0 Å². The Hall–Kier alpha value is -3.43. The highest BCUT2D eigenvalue weighted by atomic mass is 32.2.